The zero-order valence-corrected chi connectivity index (χ0v) is 10.4. The number of nitrogens with one attached hydrogen (secondary N) is 2. The highest BCUT2D eigenvalue weighted by Gasteiger charge is 2.10. The molecule has 7 heteroatoms. The lowest BCUT2D eigenvalue weighted by Crippen LogP contribution is -2.28. The largest absolute Gasteiger partial charge is 0.320 e. The van der Waals surface area contributed by atoms with Crippen molar-refractivity contribution in [3.05, 3.63) is 18.0 Å². The van der Waals surface area contributed by atoms with Crippen molar-refractivity contribution in [3.63, 3.8) is 0 Å². The predicted molar refractivity (Wildman–Crippen MR) is 62.4 cm³/mol. The van der Waals surface area contributed by atoms with Gasteiger partial charge in [0.1, 0.15) is 0 Å². The third-order valence-corrected chi connectivity index (χ3v) is 3.65. The van der Waals surface area contributed by atoms with Gasteiger partial charge in [0.25, 0.3) is 0 Å². The van der Waals surface area contributed by atoms with Crippen LogP contribution in [0.5, 0.6) is 0 Å². The molecule has 0 atom stereocenters. The monoisotopic (exact) mass is 246 g/mol. The lowest BCUT2D eigenvalue weighted by atomic mass is 10.4. The maximum Gasteiger partial charge on any atom is 0.211 e. The first kappa shape index (κ1) is 13.1. The molecule has 0 bridgehead atoms. The van der Waals surface area contributed by atoms with E-state index >= 15 is 0 Å². The smallest absolute Gasteiger partial charge is 0.211 e. The molecular weight excluding hydrogens is 228 g/mol. The summed E-state index contributed by atoms with van der Waals surface area (Å²) in [5, 5.41) is 6.88. The Hall–Kier alpha value is -0.920. The van der Waals surface area contributed by atoms with Crippen LogP contribution in [-0.2, 0) is 23.6 Å². The van der Waals surface area contributed by atoms with Gasteiger partial charge in [0, 0.05) is 13.2 Å². The van der Waals surface area contributed by atoms with E-state index in [0.29, 0.717) is 19.5 Å². The van der Waals surface area contributed by atoms with E-state index < -0.39 is 10.0 Å². The molecule has 0 saturated heterocycles. The number of hydrogen-bond donors (Lipinski definition) is 2. The van der Waals surface area contributed by atoms with Crippen LogP contribution in [-0.4, -0.2) is 37.5 Å². The van der Waals surface area contributed by atoms with Crippen molar-refractivity contribution in [1.29, 1.82) is 0 Å². The summed E-state index contributed by atoms with van der Waals surface area (Å²) in [6.45, 7) is 0.991. The first-order valence-corrected chi connectivity index (χ1v) is 6.79. The molecule has 1 aromatic rings. The number of hydrogen-bond acceptors (Lipinski definition) is 4. The second-order valence-electron chi connectivity index (χ2n) is 3.54. The summed E-state index contributed by atoms with van der Waals surface area (Å²) in [6, 6.07) is 1.79. The summed E-state index contributed by atoms with van der Waals surface area (Å²) in [4.78, 5) is 0. The Labute approximate surface area is 96.1 Å². The standard InChI is InChI=1S/C9H18N4O2S/c1-10-5-3-7-16(14,15)12-8-9-4-6-11-13(9)2/h4,6,10,12H,3,5,7-8H2,1-2H3. The average molecular weight is 246 g/mol. The van der Waals surface area contributed by atoms with E-state index in [1.54, 1.807) is 31.0 Å². The minimum atomic E-state index is -3.18. The average Bonchev–Trinajstić information content (AvgIpc) is 2.62. The van der Waals surface area contributed by atoms with Crippen LogP contribution in [0.1, 0.15) is 12.1 Å². The number of rotatable bonds is 7. The van der Waals surface area contributed by atoms with Crippen molar-refractivity contribution in [2.75, 3.05) is 19.3 Å². The fourth-order valence-electron chi connectivity index (χ4n) is 1.27. The van der Waals surface area contributed by atoms with Gasteiger partial charge in [0.15, 0.2) is 0 Å². The van der Waals surface area contributed by atoms with Crippen LogP contribution in [0.3, 0.4) is 0 Å². The van der Waals surface area contributed by atoms with Crippen molar-refractivity contribution in [3.8, 4) is 0 Å². The maximum absolute atomic E-state index is 11.5. The van der Waals surface area contributed by atoms with Crippen molar-refractivity contribution >= 4 is 10.0 Å². The van der Waals surface area contributed by atoms with E-state index in [1.807, 2.05) is 0 Å². The highest BCUT2D eigenvalue weighted by atomic mass is 32.2. The van der Waals surface area contributed by atoms with Crippen LogP contribution < -0.4 is 10.0 Å². The third-order valence-electron chi connectivity index (χ3n) is 2.24. The Morgan fingerprint density at radius 2 is 2.25 bits per heavy atom. The molecule has 0 radical (unpaired) electrons. The van der Waals surface area contributed by atoms with Gasteiger partial charge in [-0.3, -0.25) is 4.68 Å². The summed E-state index contributed by atoms with van der Waals surface area (Å²) in [7, 11) is 0.406. The summed E-state index contributed by atoms with van der Waals surface area (Å²) in [5.41, 5.74) is 0.845. The molecule has 0 aliphatic carbocycles. The maximum atomic E-state index is 11.5. The molecule has 0 spiro atoms. The van der Waals surface area contributed by atoms with E-state index in [-0.39, 0.29) is 5.75 Å². The topological polar surface area (TPSA) is 76.0 Å². The Morgan fingerprint density at radius 3 is 2.81 bits per heavy atom. The molecule has 1 aromatic heterocycles. The van der Waals surface area contributed by atoms with Crippen molar-refractivity contribution in [2.45, 2.75) is 13.0 Å². The summed E-state index contributed by atoms with van der Waals surface area (Å²) >= 11 is 0. The van der Waals surface area contributed by atoms with E-state index in [4.69, 9.17) is 0 Å². The van der Waals surface area contributed by atoms with Crippen molar-refractivity contribution in [2.24, 2.45) is 7.05 Å². The molecule has 0 fully saturated rings. The zero-order valence-electron chi connectivity index (χ0n) is 9.60. The van der Waals surface area contributed by atoms with Gasteiger partial charge >= 0.3 is 0 Å². The van der Waals surface area contributed by atoms with E-state index in [1.165, 1.54) is 0 Å². The normalized spacial score (nSPS) is 11.9. The minimum Gasteiger partial charge on any atom is -0.320 e. The molecular formula is C9H18N4O2S. The molecule has 0 aliphatic heterocycles. The van der Waals surface area contributed by atoms with Crippen LogP contribution in [0.25, 0.3) is 0 Å². The quantitative estimate of drug-likeness (QED) is 0.633. The molecule has 16 heavy (non-hydrogen) atoms. The highest BCUT2D eigenvalue weighted by molar-refractivity contribution is 7.89. The molecule has 0 aromatic carbocycles. The predicted octanol–water partition coefficient (Wildman–Crippen LogP) is -0.551. The SMILES string of the molecule is CNCCCS(=O)(=O)NCc1ccnn1C. The van der Waals surface area contributed by atoms with Gasteiger partial charge in [0.2, 0.25) is 10.0 Å². The molecule has 2 N–H and O–H groups in total. The van der Waals surface area contributed by atoms with Crippen LogP contribution in [0, 0.1) is 0 Å². The number of aromatic nitrogens is 2. The molecule has 0 amide bonds. The summed E-state index contributed by atoms with van der Waals surface area (Å²) < 4.78 is 27.3. The van der Waals surface area contributed by atoms with Gasteiger partial charge in [-0.25, -0.2) is 13.1 Å². The Kier molecular flexibility index (Phi) is 4.91. The van der Waals surface area contributed by atoms with Crippen LogP contribution in [0.2, 0.25) is 0 Å². The number of nitrogens with zero attached hydrogens (tertiary/aromatic N) is 2. The second kappa shape index (κ2) is 5.97. The van der Waals surface area contributed by atoms with Crippen LogP contribution in [0.15, 0.2) is 12.3 Å². The molecule has 0 unspecified atom stereocenters. The Morgan fingerprint density at radius 1 is 1.50 bits per heavy atom. The lowest BCUT2D eigenvalue weighted by Gasteiger charge is -2.06. The molecule has 0 aliphatic rings. The van der Waals surface area contributed by atoms with Crippen molar-refractivity contribution in [1.82, 2.24) is 19.8 Å². The molecule has 6 nitrogen and oxygen atoms in total. The van der Waals surface area contributed by atoms with Crippen LogP contribution in [0.4, 0.5) is 0 Å². The van der Waals surface area contributed by atoms with E-state index in [2.05, 4.69) is 15.1 Å². The van der Waals surface area contributed by atoms with Gasteiger partial charge in [0.05, 0.1) is 18.0 Å². The van der Waals surface area contributed by atoms with E-state index in [9.17, 15) is 8.42 Å². The Bertz CT molecular complexity index is 413. The van der Waals surface area contributed by atoms with Gasteiger partial charge in [-0.05, 0) is 26.1 Å². The fourth-order valence-corrected chi connectivity index (χ4v) is 2.31. The highest BCUT2D eigenvalue weighted by Crippen LogP contribution is 1.97. The van der Waals surface area contributed by atoms with E-state index in [0.717, 1.165) is 5.69 Å². The van der Waals surface area contributed by atoms with Gasteiger partial charge in [-0.15, -0.1) is 0 Å². The molecule has 1 heterocycles. The molecule has 1 rings (SSSR count). The summed E-state index contributed by atoms with van der Waals surface area (Å²) in [5.74, 6) is 0.145. The van der Waals surface area contributed by atoms with Crippen LogP contribution >= 0.6 is 0 Å². The van der Waals surface area contributed by atoms with Gasteiger partial charge in [-0.2, -0.15) is 5.10 Å². The van der Waals surface area contributed by atoms with Gasteiger partial charge in [-0.1, -0.05) is 0 Å². The Balaban J connectivity index is 2.39. The second-order valence-corrected chi connectivity index (χ2v) is 5.47. The first-order chi connectivity index (χ1) is 7.55. The lowest BCUT2D eigenvalue weighted by molar-refractivity contribution is 0.573. The number of sulfonamides is 1. The van der Waals surface area contributed by atoms with Gasteiger partial charge < -0.3 is 5.32 Å². The minimum absolute atomic E-state index is 0.145. The zero-order chi connectivity index (χ0) is 12.0. The third kappa shape index (κ3) is 4.30. The molecule has 92 valence electrons. The number of aryl methyl sites for hydroxylation is 1. The first-order valence-electron chi connectivity index (χ1n) is 5.14. The van der Waals surface area contributed by atoms with Crippen molar-refractivity contribution < 1.29 is 8.42 Å². The molecule has 0 saturated carbocycles. The fraction of sp³-hybridized carbons (Fsp3) is 0.667. The summed E-state index contributed by atoms with van der Waals surface area (Å²) in [6.07, 6.45) is 2.25.